The highest BCUT2D eigenvalue weighted by Gasteiger charge is 2.17. The van der Waals surface area contributed by atoms with E-state index in [1.807, 2.05) is 18.2 Å². The molecule has 0 unspecified atom stereocenters. The van der Waals surface area contributed by atoms with E-state index in [0.717, 1.165) is 5.69 Å². The van der Waals surface area contributed by atoms with Crippen molar-refractivity contribution in [3.05, 3.63) is 30.1 Å². The lowest BCUT2D eigenvalue weighted by molar-refractivity contribution is 0.0636. The highest BCUT2D eigenvalue weighted by molar-refractivity contribution is 5.05. The lowest BCUT2D eigenvalue weighted by Gasteiger charge is -2.21. The number of rotatable bonds is 4. The molecule has 0 aliphatic rings. The average molecular weight is 194 g/mol. The highest BCUT2D eigenvalue weighted by atomic mass is 16.3. The van der Waals surface area contributed by atoms with Crippen molar-refractivity contribution in [3.8, 4) is 0 Å². The fourth-order valence-corrected chi connectivity index (χ4v) is 1.50. The molecule has 1 rings (SSSR count). The molecule has 0 aromatic carbocycles. The second-order valence-electron chi connectivity index (χ2n) is 4.30. The Morgan fingerprint density at radius 3 is 2.71 bits per heavy atom. The van der Waals surface area contributed by atoms with Crippen molar-refractivity contribution in [2.45, 2.75) is 38.3 Å². The van der Waals surface area contributed by atoms with Crippen LogP contribution in [0.4, 0.5) is 0 Å². The van der Waals surface area contributed by atoms with Crippen molar-refractivity contribution in [1.29, 1.82) is 0 Å². The lowest BCUT2D eigenvalue weighted by atomic mass is 9.96. The average Bonchev–Trinajstić information content (AvgIpc) is 2.02. The van der Waals surface area contributed by atoms with Crippen LogP contribution in [0, 0.1) is 0 Å². The molecule has 0 bridgehead atoms. The summed E-state index contributed by atoms with van der Waals surface area (Å²) in [5.41, 5.74) is 6.17. The Morgan fingerprint density at radius 2 is 2.21 bits per heavy atom. The van der Waals surface area contributed by atoms with E-state index in [1.165, 1.54) is 0 Å². The van der Waals surface area contributed by atoms with Gasteiger partial charge < -0.3 is 10.8 Å². The summed E-state index contributed by atoms with van der Waals surface area (Å²) in [6.07, 6.45) is 3.06. The van der Waals surface area contributed by atoms with E-state index in [4.69, 9.17) is 5.73 Å². The molecule has 0 aliphatic heterocycles. The molecule has 0 aliphatic carbocycles. The number of nitrogens with zero attached hydrogens (tertiary/aromatic N) is 1. The van der Waals surface area contributed by atoms with Gasteiger partial charge in [0.05, 0.1) is 5.60 Å². The molecule has 1 heterocycles. The monoisotopic (exact) mass is 194 g/mol. The van der Waals surface area contributed by atoms with Crippen molar-refractivity contribution < 1.29 is 5.11 Å². The zero-order chi connectivity index (χ0) is 10.6. The smallest absolute Gasteiger partial charge is 0.0606 e. The molecular formula is C11H18N2O. The topological polar surface area (TPSA) is 59.1 Å². The number of hydrogen-bond donors (Lipinski definition) is 2. The number of hydrogen-bond acceptors (Lipinski definition) is 3. The molecule has 0 amide bonds. The first-order valence-electron chi connectivity index (χ1n) is 4.85. The first kappa shape index (κ1) is 11.1. The summed E-state index contributed by atoms with van der Waals surface area (Å²) in [7, 11) is 0. The van der Waals surface area contributed by atoms with Gasteiger partial charge >= 0.3 is 0 Å². The quantitative estimate of drug-likeness (QED) is 0.755. The van der Waals surface area contributed by atoms with Gasteiger partial charge in [-0.15, -0.1) is 0 Å². The van der Waals surface area contributed by atoms with E-state index >= 15 is 0 Å². The third-order valence-corrected chi connectivity index (χ3v) is 1.96. The third kappa shape index (κ3) is 4.35. The molecular weight excluding hydrogens is 176 g/mol. The fraction of sp³-hybridized carbons (Fsp3) is 0.545. The second kappa shape index (κ2) is 4.53. The van der Waals surface area contributed by atoms with Crippen LogP contribution in [0.1, 0.15) is 26.0 Å². The van der Waals surface area contributed by atoms with Crippen LogP contribution >= 0.6 is 0 Å². The van der Waals surface area contributed by atoms with Gasteiger partial charge in [0.1, 0.15) is 0 Å². The predicted molar refractivity (Wildman–Crippen MR) is 56.8 cm³/mol. The second-order valence-corrected chi connectivity index (χ2v) is 4.30. The third-order valence-electron chi connectivity index (χ3n) is 1.96. The number of pyridine rings is 1. The van der Waals surface area contributed by atoms with Gasteiger partial charge in [0.2, 0.25) is 0 Å². The maximum absolute atomic E-state index is 9.57. The van der Waals surface area contributed by atoms with Crippen LogP contribution in [0.5, 0.6) is 0 Å². The number of aliphatic hydroxyl groups is 1. The van der Waals surface area contributed by atoms with Crippen molar-refractivity contribution in [1.82, 2.24) is 4.98 Å². The van der Waals surface area contributed by atoms with Crippen molar-refractivity contribution in [2.75, 3.05) is 0 Å². The first-order valence-corrected chi connectivity index (χ1v) is 4.85. The molecule has 0 saturated carbocycles. The van der Waals surface area contributed by atoms with Crippen molar-refractivity contribution in [2.24, 2.45) is 5.73 Å². The zero-order valence-electron chi connectivity index (χ0n) is 8.77. The largest absolute Gasteiger partial charge is 0.390 e. The summed E-state index contributed by atoms with van der Waals surface area (Å²) in [4.78, 5) is 4.19. The van der Waals surface area contributed by atoms with Crippen molar-refractivity contribution >= 4 is 0 Å². The molecule has 0 fully saturated rings. The minimum atomic E-state index is -0.700. The van der Waals surface area contributed by atoms with Crippen LogP contribution in [0.2, 0.25) is 0 Å². The van der Waals surface area contributed by atoms with Gasteiger partial charge in [-0.1, -0.05) is 6.07 Å². The molecule has 0 radical (unpaired) electrons. The normalized spacial score (nSPS) is 14.0. The van der Waals surface area contributed by atoms with E-state index in [1.54, 1.807) is 20.0 Å². The van der Waals surface area contributed by atoms with E-state index in [-0.39, 0.29) is 6.04 Å². The SMILES string of the molecule is CC(C)(O)C[C@H](N)Cc1ccccn1. The molecule has 1 aromatic heterocycles. The molecule has 3 N–H and O–H groups in total. The van der Waals surface area contributed by atoms with Gasteiger partial charge in [-0.05, 0) is 32.4 Å². The molecule has 0 spiro atoms. The molecule has 0 saturated heterocycles. The Labute approximate surface area is 85.0 Å². The molecule has 3 nitrogen and oxygen atoms in total. The Morgan fingerprint density at radius 1 is 1.50 bits per heavy atom. The van der Waals surface area contributed by atoms with E-state index in [2.05, 4.69) is 4.98 Å². The Kier molecular flexibility index (Phi) is 3.61. The van der Waals surface area contributed by atoms with Crippen LogP contribution in [0.25, 0.3) is 0 Å². The van der Waals surface area contributed by atoms with Crippen LogP contribution in [-0.2, 0) is 6.42 Å². The summed E-state index contributed by atoms with van der Waals surface area (Å²) in [6.45, 7) is 3.54. The maximum atomic E-state index is 9.57. The van der Waals surface area contributed by atoms with Crippen LogP contribution in [0.15, 0.2) is 24.4 Å². The molecule has 1 aromatic rings. The Bertz CT molecular complexity index is 266. The molecule has 3 heteroatoms. The van der Waals surface area contributed by atoms with Gasteiger partial charge in [-0.3, -0.25) is 4.98 Å². The summed E-state index contributed by atoms with van der Waals surface area (Å²) >= 11 is 0. The molecule has 1 atom stereocenters. The molecule has 14 heavy (non-hydrogen) atoms. The molecule has 78 valence electrons. The maximum Gasteiger partial charge on any atom is 0.0606 e. The predicted octanol–water partition coefficient (Wildman–Crippen LogP) is 1.11. The van der Waals surface area contributed by atoms with Gasteiger partial charge in [0.25, 0.3) is 0 Å². The van der Waals surface area contributed by atoms with E-state index in [9.17, 15) is 5.11 Å². The van der Waals surface area contributed by atoms with Gasteiger partial charge in [-0.2, -0.15) is 0 Å². The first-order chi connectivity index (χ1) is 6.47. The summed E-state index contributed by atoms with van der Waals surface area (Å²) in [6, 6.07) is 5.74. The van der Waals surface area contributed by atoms with Gasteiger partial charge in [-0.25, -0.2) is 0 Å². The van der Waals surface area contributed by atoms with Crippen LogP contribution in [-0.4, -0.2) is 21.7 Å². The lowest BCUT2D eigenvalue weighted by Crippen LogP contribution is -2.33. The minimum Gasteiger partial charge on any atom is -0.390 e. The van der Waals surface area contributed by atoms with Gasteiger partial charge in [0, 0.05) is 24.4 Å². The van der Waals surface area contributed by atoms with Crippen molar-refractivity contribution in [3.63, 3.8) is 0 Å². The highest BCUT2D eigenvalue weighted by Crippen LogP contribution is 2.11. The summed E-state index contributed by atoms with van der Waals surface area (Å²) in [5, 5.41) is 9.57. The van der Waals surface area contributed by atoms with E-state index < -0.39 is 5.60 Å². The van der Waals surface area contributed by atoms with Gasteiger partial charge in [0.15, 0.2) is 0 Å². The standard InChI is InChI=1S/C11H18N2O/c1-11(2,14)8-9(12)7-10-5-3-4-6-13-10/h3-6,9,14H,7-8,12H2,1-2H3/t9-/m1/s1. The number of nitrogens with two attached hydrogens (primary N) is 1. The summed E-state index contributed by atoms with van der Waals surface area (Å²) in [5.74, 6) is 0. The zero-order valence-corrected chi connectivity index (χ0v) is 8.77. The minimum absolute atomic E-state index is 0.0371. The van der Waals surface area contributed by atoms with Crippen LogP contribution < -0.4 is 5.73 Å². The van der Waals surface area contributed by atoms with Crippen LogP contribution in [0.3, 0.4) is 0 Å². The fourth-order valence-electron chi connectivity index (χ4n) is 1.50. The number of aromatic nitrogens is 1. The Hall–Kier alpha value is -0.930. The Balaban J connectivity index is 2.46. The summed E-state index contributed by atoms with van der Waals surface area (Å²) < 4.78 is 0. The van der Waals surface area contributed by atoms with E-state index in [0.29, 0.717) is 12.8 Å².